The number of amides is 2. The van der Waals surface area contributed by atoms with Gasteiger partial charge in [0.2, 0.25) is 5.91 Å². The lowest BCUT2D eigenvalue weighted by molar-refractivity contribution is -0.117. The van der Waals surface area contributed by atoms with Crippen LogP contribution in [0.2, 0.25) is 0 Å². The van der Waals surface area contributed by atoms with Gasteiger partial charge >= 0.3 is 0 Å². The molecule has 37 heavy (non-hydrogen) atoms. The Labute approximate surface area is 215 Å². The van der Waals surface area contributed by atoms with Crippen molar-refractivity contribution < 1.29 is 19.1 Å². The molecule has 0 spiro atoms. The van der Waals surface area contributed by atoms with E-state index in [0.29, 0.717) is 34.9 Å². The van der Waals surface area contributed by atoms with Crippen molar-refractivity contribution in [3.8, 4) is 28.4 Å². The first-order valence-corrected chi connectivity index (χ1v) is 12.1. The molecule has 8 heteroatoms. The molecule has 1 fully saturated rings. The first-order chi connectivity index (χ1) is 18.1. The van der Waals surface area contributed by atoms with E-state index in [1.807, 2.05) is 66.7 Å². The highest BCUT2D eigenvalue weighted by Gasteiger charge is 2.29. The molecule has 1 heterocycles. The number of carbonyl (C=O) groups is 2. The van der Waals surface area contributed by atoms with Gasteiger partial charge in [0, 0.05) is 36.0 Å². The third-order valence-electron chi connectivity index (χ3n) is 6.24. The third-order valence-corrected chi connectivity index (χ3v) is 6.24. The molecule has 1 aromatic heterocycles. The number of methoxy groups -OCH3 is 2. The van der Waals surface area contributed by atoms with Gasteiger partial charge in [0.15, 0.2) is 0 Å². The maximum atomic E-state index is 13.4. The summed E-state index contributed by atoms with van der Waals surface area (Å²) in [5.41, 5.74) is 4.00. The van der Waals surface area contributed by atoms with Crippen LogP contribution in [0.15, 0.2) is 79.0 Å². The zero-order valence-electron chi connectivity index (χ0n) is 20.7. The first-order valence-electron chi connectivity index (χ1n) is 12.1. The van der Waals surface area contributed by atoms with Gasteiger partial charge in [-0.05, 0) is 54.8 Å². The summed E-state index contributed by atoms with van der Waals surface area (Å²) in [6.07, 6.45) is 3.61. The number of aromatic nitrogens is 2. The normalized spacial score (nSPS) is 12.6. The molecule has 0 aliphatic heterocycles. The molecule has 0 bridgehead atoms. The van der Waals surface area contributed by atoms with E-state index in [1.165, 1.54) is 0 Å². The maximum absolute atomic E-state index is 13.4. The first kappa shape index (κ1) is 24.1. The van der Waals surface area contributed by atoms with Gasteiger partial charge in [0.05, 0.1) is 25.5 Å². The Kier molecular flexibility index (Phi) is 6.89. The smallest absolute Gasteiger partial charge is 0.255 e. The van der Waals surface area contributed by atoms with Gasteiger partial charge in [0.1, 0.15) is 17.2 Å². The van der Waals surface area contributed by atoms with Crippen LogP contribution in [0.1, 0.15) is 28.8 Å². The molecule has 2 N–H and O–H groups in total. The molecule has 3 aromatic carbocycles. The van der Waals surface area contributed by atoms with Crippen LogP contribution < -0.4 is 20.1 Å². The highest BCUT2D eigenvalue weighted by atomic mass is 16.5. The number of anilines is 1. The van der Waals surface area contributed by atoms with Gasteiger partial charge in [-0.2, -0.15) is 5.10 Å². The minimum atomic E-state index is -0.275. The Morgan fingerprint density at radius 3 is 2.51 bits per heavy atom. The lowest BCUT2D eigenvalue weighted by atomic mass is 10.1. The van der Waals surface area contributed by atoms with Crippen LogP contribution in [0.4, 0.5) is 5.69 Å². The maximum Gasteiger partial charge on any atom is 0.255 e. The predicted octanol–water partition coefficient (Wildman–Crippen LogP) is 4.84. The van der Waals surface area contributed by atoms with Crippen molar-refractivity contribution in [3.05, 3.63) is 90.1 Å². The largest absolute Gasteiger partial charge is 0.497 e. The molecule has 0 saturated heterocycles. The zero-order chi connectivity index (χ0) is 25.8. The molecule has 4 aromatic rings. The second-order valence-corrected chi connectivity index (χ2v) is 8.88. The molecule has 8 nitrogen and oxygen atoms in total. The number of hydrogen-bond donors (Lipinski definition) is 2. The van der Waals surface area contributed by atoms with Crippen molar-refractivity contribution in [1.82, 2.24) is 15.1 Å². The molecular weight excluding hydrogens is 468 g/mol. The van der Waals surface area contributed by atoms with E-state index in [2.05, 4.69) is 10.6 Å². The molecule has 2 amide bonds. The van der Waals surface area contributed by atoms with Crippen molar-refractivity contribution in [1.29, 1.82) is 0 Å². The molecular formula is C29H28N4O4. The van der Waals surface area contributed by atoms with Crippen LogP contribution in [0.5, 0.6) is 11.5 Å². The fourth-order valence-corrected chi connectivity index (χ4v) is 4.07. The second kappa shape index (κ2) is 10.6. The molecule has 0 unspecified atom stereocenters. The minimum absolute atomic E-state index is 0.0487. The van der Waals surface area contributed by atoms with Crippen LogP contribution >= 0.6 is 0 Å². The van der Waals surface area contributed by atoms with Crippen molar-refractivity contribution >= 4 is 17.5 Å². The van der Waals surface area contributed by atoms with Gasteiger partial charge < -0.3 is 20.1 Å². The van der Waals surface area contributed by atoms with E-state index in [-0.39, 0.29) is 17.7 Å². The fourth-order valence-electron chi connectivity index (χ4n) is 4.07. The Morgan fingerprint density at radius 2 is 1.78 bits per heavy atom. The number of hydrogen-bond acceptors (Lipinski definition) is 5. The number of carbonyl (C=O) groups excluding carboxylic acids is 2. The predicted molar refractivity (Wildman–Crippen MR) is 141 cm³/mol. The van der Waals surface area contributed by atoms with Gasteiger partial charge in [-0.25, -0.2) is 4.68 Å². The molecule has 1 aliphatic rings. The highest BCUT2D eigenvalue weighted by molar-refractivity contribution is 6.00. The summed E-state index contributed by atoms with van der Waals surface area (Å²) >= 11 is 0. The summed E-state index contributed by atoms with van der Waals surface area (Å²) in [6, 6.07) is 22.5. The number of para-hydroxylation sites is 1. The van der Waals surface area contributed by atoms with Gasteiger partial charge in [-0.1, -0.05) is 30.3 Å². The second-order valence-electron chi connectivity index (χ2n) is 8.88. The van der Waals surface area contributed by atoms with E-state index in [9.17, 15) is 9.59 Å². The van der Waals surface area contributed by atoms with Crippen LogP contribution in [0.3, 0.4) is 0 Å². The van der Waals surface area contributed by atoms with Crippen LogP contribution in [-0.4, -0.2) is 35.8 Å². The lowest BCUT2D eigenvalue weighted by Gasteiger charge is -2.11. The number of ether oxygens (including phenoxy) is 2. The quantitative estimate of drug-likeness (QED) is 0.346. The van der Waals surface area contributed by atoms with Crippen LogP contribution in [-0.2, 0) is 11.3 Å². The number of benzene rings is 3. The monoisotopic (exact) mass is 496 g/mol. The Hall–Kier alpha value is -4.59. The fraction of sp³-hybridized carbons (Fsp3) is 0.207. The average Bonchev–Trinajstić information content (AvgIpc) is 3.70. The topological polar surface area (TPSA) is 94.5 Å². The number of nitrogens with zero attached hydrogens (tertiary/aromatic N) is 2. The van der Waals surface area contributed by atoms with Gasteiger partial charge in [-0.3, -0.25) is 9.59 Å². The Morgan fingerprint density at radius 1 is 0.973 bits per heavy atom. The van der Waals surface area contributed by atoms with Crippen LogP contribution in [0, 0.1) is 5.92 Å². The third kappa shape index (κ3) is 5.48. The number of nitrogens with one attached hydrogen (secondary N) is 2. The summed E-state index contributed by atoms with van der Waals surface area (Å²) < 4.78 is 12.6. The molecule has 5 rings (SSSR count). The van der Waals surface area contributed by atoms with E-state index in [0.717, 1.165) is 29.8 Å². The van der Waals surface area contributed by atoms with Crippen molar-refractivity contribution in [3.63, 3.8) is 0 Å². The van der Waals surface area contributed by atoms with Crippen molar-refractivity contribution in [2.24, 2.45) is 5.92 Å². The molecule has 0 atom stereocenters. The van der Waals surface area contributed by atoms with E-state index >= 15 is 0 Å². The molecule has 188 valence electrons. The summed E-state index contributed by atoms with van der Waals surface area (Å²) in [4.78, 5) is 25.6. The average molecular weight is 497 g/mol. The van der Waals surface area contributed by atoms with E-state index in [4.69, 9.17) is 14.6 Å². The van der Waals surface area contributed by atoms with Gasteiger partial charge in [0.25, 0.3) is 5.91 Å². The van der Waals surface area contributed by atoms with Gasteiger partial charge in [-0.15, -0.1) is 0 Å². The number of rotatable bonds is 9. The van der Waals surface area contributed by atoms with Crippen LogP contribution in [0.25, 0.3) is 16.9 Å². The lowest BCUT2D eigenvalue weighted by Crippen LogP contribution is -2.23. The van der Waals surface area contributed by atoms with E-state index < -0.39 is 0 Å². The summed E-state index contributed by atoms with van der Waals surface area (Å²) in [5, 5.41) is 10.7. The molecule has 1 aliphatic carbocycles. The van der Waals surface area contributed by atoms with Crippen molar-refractivity contribution in [2.75, 3.05) is 19.5 Å². The van der Waals surface area contributed by atoms with E-state index in [1.54, 1.807) is 31.2 Å². The minimum Gasteiger partial charge on any atom is -0.497 e. The summed E-state index contributed by atoms with van der Waals surface area (Å²) in [5.74, 6) is 1.08. The zero-order valence-corrected chi connectivity index (χ0v) is 20.7. The Balaban J connectivity index is 1.42. The molecule has 0 radical (unpaired) electrons. The molecule has 1 saturated carbocycles. The van der Waals surface area contributed by atoms with Crippen molar-refractivity contribution in [2.45, 2.75) is 19.4 Å². The highest BCUT2D eigenvalue weighted by Crippen LogP contribution is 2.35. The summed E-state index contributed by atoms with van der Waals surface area (Å²) in [7, 11) is 3.16. The standard InChI is InChI=1S/C29H28N4O4/c1-36-23-13-14-24(26(16-23)37-2)27-25(18-33(32-27)22-9-4-3-5-10-22)29(35)30-17-19-7-6-8-21(15-19)31-28(34)20-11-12-20/h3-10,13-16,18,20H,11-12,17H2,1-2H3,(H,30,35)(H,31,34). The Bertz CT molecular complexity index is 1430. The SMILES string of the molecule is COc1ccc(-c2nn(-c3ccccc3)cc2C(=O)NCc2cccc(NC(=O)C3CC3)c2)c(OC)c1. The summed E-state index contributed by atoms with van der Waals surface area (Å²) in [6.45, 7) is 0.293.